The number of carbonyl (C=O) groups excluding carboxylic acids is 2. The third-order valence-electron chi connectivity index (χ3n) is 3.30. The first-order valence-corrected chi connectivity index (χ1v) is 6.80. The molecule has 0 aliphatic carbocycles. The minimum Gasteiger partial charge on any atom is -0.399 e. The molecule has 0 spiro atoms. The van der Waals surface area contributed by atoms with E-state index < -0.39 is 6.04 Å². The van der Waals surface area contributed by atoms with E-state index in [1.807, 2.05) is 19.9 Å². The second kappa shape index (κ2) is 7.90. The Morgan fingerprint density at radius 1 is 1.33 bits per heavy atom. The normalized spacial score (nSPS) is 12.8. The highest BCUT2D eigenvalue weighted by molar-refractivity contribution is 5.97. The molecule has 1 rings (SSSR count). The van der Waals surface area contributed by atoms with Crippen LogP contribution in [0, 0.1) is 17.2 Å². The highest BCUT2D eigenvalue weighted by atomic mass is 16.2. The van der Waals surface area contributed by atoms with Gasteiger partial charge in [0.15, 0.2) is 0 Å². The first-order valence-electron chi connectivity index (χ1n) is 6.80. The molecule has 21 heavy (non-hydrogen) atoms. The second-order valence-corrected chi connectivity index (χ2v) is 4.83. The van der Waals surface area contributed by atoms with Crippen LogP contribution in [0.2, 0.25) is 0 Å². The molecule has 4 N–H and O–H groups in total. The molecule has 0 saturated heterocycles. The average molecular weight is 288 g/mol. The van der Waals surface area contributed by atoms with Gasteiger partial charge in [0.05, 0.1) is 6.07 Å². The molecule has 112 valence electrons. The van der Waals surface area contributed by atoms with Gasteiger partial charge >= 0.3 is 0 Å². The van der Waals surface area contributed by atoms with E-state index in [2.05, 4.69) is 10.6 Å². The summed E-state index contributed by atoms with van der Waals surface area (Å²) in [5.74, 6) is -0.733. The number of anilines is 1. The molecule has 2 unspecified atom stereocenters. The maximum absolute atomic E-state index is 12.2. The third kappa shape index (κ3) is 4.80. The quantitative estimate of drug-likeness (QED) is 0.537. The fourth-order valence-corrected chi connectivity index (χ4v) is 1.80. The molecule has 6 heteroatoms. The summed E-state index contributed by atoms with van der Waals surface area (Å²) in [5, 5.41) is 13.7. The number of carbonyl (C=O) groups is 2. The van der Waals surface area contributed by atoms with E-state index in [1.165, 1.54) is 0 Å². The summed E-state index contributed by atoms with van der Waals surface area (Å²) in [7, 11) is 0. The predicted octanol–water partition coefficient (Wildman–Crippen LogP) is 1.05. The molecule has 0 aliphatic rings. The molecule has 2 amide bonds. The summed E-state index contributed by atoms with van der Waals surface area (Å²) in [4.78, 5) is 24.2. The monoisotopic (exact) mass is 288 g/mol. The fraction of sp³-hybridized carbons (Fsp3) is 0.400. The van der Waals surface area contributed by atoms with Crippen molar-refractivity contribution in [2.75, 3.05) is 12.3 Å². The van der Waals surface area contributed by atoms with Gasteiger partial charge in [-0.05, 0) is 30.2 Å². The lowest BCUT2D eigenvalue weighted by atomic mass is 9.98. The van der Waals surface area contributed by atoms with Gasteiger partial charge in [0, 0.05) is 11.3 Å². The number of nitriles is 1. The van der Waals surface area contributed by atoms with Gasteiger partial charge in [-0.2, -0.15) is 5.26 Å². The summed E-state index contributed by atoms with van der Waals surface area (Å²) < 4.78 is 0. The van der Waals surface area contributed by atoms with Crippen LogP contribution < -0.4 is 16.4 Å². The Balaban J connectivity index is 2.81. The summed E-state index contributed by atoms with van der Waals surface area (Å²) in [5.41, 5.74) is 6.58. The molecule has 0 aliphatic heterocycles. The van der Waals surface area contributed by atoms with Crippen LogP contribution in [0.3, 0.4) is 0 Å². The minimum atomic E-state index is -0.673. The third-order valence-corrected chi connectivity index (χ3v) is 3.30. The van der Waals surface area contributed by atoms with Crippen LogP contribution in [0.25, 0.3) is 0 Å². The minimum absolute atomic E-state index is 0.0403. The van der Waals surface area contributed by atoms with E-state index in [1.54, 1.807) is 24.3 Å². The van der Waals surface area contributed by atoms with Crippen molar-refractivity contribution >= 4 is 17.5 Å². The zero-order valence-electron chi connectivity index (χ0n) is 12.2. The van der Waals surface area contributed by atoms with E-state index >= 15 is 0 Å². The summed E-state index contributed by atoms with van der Waals surface area (Å²) in [6.07, 6.45) is 0.729. The predicted molar refractivity (Wildman–Crippen MR) is 80.2 cm³/mol. The van der Waals surface area contributed by atoms with Crippen molar-refractivity contribution < 1.29 is 9.59 Å². The van der Waals surface area contributed by atoms with Crippen LogP contribution in [0.1, 0.15) is 30.6 Å². The van der Waals surface area contributed by atoms with Crippen molar-refractivity contribution in [2.45, 2.75) is 26.3 Å². The fourth-order valence-electron chi connectivity index (χ4n) is 1.80. The molecule has 1 aromatic rings. The van der Waals surface area contributed by atoms with Crippen LogP contribution in [0.4, 0.5) is 5.69 Å². The van der Waals surface area contributed by atoms with Crippen LogP contribution >= 0.6 is 0 Å². The molecular formula is C15H20N4O2. The van der Waals surface area contributed by atoms with E-state index in [0.717, 1.165) is 6.42 Å². The van der Waals surface area contributed by atoms with Crippen LogP contribution in [-0.2, 0) is 4.79 Å². The molecule has 0 heterocycles. The number of nitrogens with zero attached hydrogens (tertiary/aromatic N) is 1. The summed E-state index contributed by atoms with van der Waals surface area (Å²) in [6.45, 7) is 3.73. The largest absolute Gasteiger partial charge is 0.399 e. The molecule has 1 aromatic carbocycles. The molecule has 0 fully saturated rings. The van der Waals surface area contributed by atoms with Crippen LogP contribution in [0.5, 0.6) is 0 Å². The van der Waals surface area contributed by atoms with E-state index in [9.17, 15) is 9.59 Å². The molecule has 2 atom stereocenters. The Labute approximate surface area is 124 Å². The average Bonchev–Trinajstić information content (AvgIpc) is 2.49. The Hall–Kier alpha value is -2.55. The van der Waals surface area contributed by atoms with Crippen molar-refractivity contribution in [1.82, 2.24) is 10.6 Å². The van der Waals surface area contributed by atoms with E-state index in [4.69, 9.17) is 11.0 Å². The second-order valence-electron chi connectivity index (χ2n) is 4.83. The SMILES string of the molecule is CCC(C)C(NC(=O)c1ccc(N)cc1)C(=O)NCC#N. The molecule has 6 nitrogen and oxygen atoms in total. The molecule has 0 aromatic heterocycles. The Morgan fingerprint density at radius 3 is 2.48 bits per heavy atom. The van der Waals surface area contributed by atoms with Gasteiger partial charge in [-0.25, -0.2) is 0 Å². The number of hydrogen-bond acceptors (Lipinski definition) is 4. The maximum atomic E-state index is 12.2. The zero-order chi connectivity index (χ0) is 15.8. The van der Waals surface area contributed by atoms with Crippen molar-refractivity contribution in [1.29, 1.82) is 5.26 Å². The van der Waals surface area contributed by atoms with Crippen molar-refractivity contribution in [3.05, 3.63) is 29.8 Å². The van der Waals surface area contributed by atoms with Gasteiger partial charge in [-0.15, -0.1) is 0 Å². The highest BCUT2D eigenvalue weighted by Crippen LogP contribution is 2.10. The zero-order valence-corrected chi connectivity index (χ0v) is 12.2. The van der Waals surface area contributed by atoms with E-state index in [-0.39, 0.29) is 24.3 Å². The van der Waals surface area contributed by atoms with Gasteiger partial charge in [-0.3, -0.25) is 9.59 Å². The van der Waals surface area contributed by atoms with Gasteiger partial charge in [0.25, 0.3) is 5.91 Å². The summed E-state index contributed by atoms with van der Waals surface area (Å²) >= 11 is 0. The summed E-state index contributed by atoms with van der Waals surface area (Å²) in [6, 6.07) is 7.63. The standard InChI is InChI=1S/C15H20N4O2/c1-3-10(2)13(15(21)18-9-8-16)19-14(20)11-4-6-12(17)7-5-11/h4-7,10,13H,3,9,17H2,1-2H3,(H,18,21)(H,19,20). The first kappa shape index (κ1) is 16.5. The Morgan fingerprint density at radius 2 is 1.95 bits per heavy atom. The molecule has 0 radical (unpaired) electrons. The lowest BCUT2D eigenvalue weighted by Gasteiger charge is -2.23. The van der Waals surface area contributed by atoms with Gasteiger partial charge in [0.1, 0.15) is 12.6 Å². The topological polar surface area (TPSA) is 108 Å². The number of amides is 2. The molecular weight excluding hydrogens is 268 g/mol. The Kier molecular flexibility index (Phi) is 6.21. The number of hydrogen-bond donors (Lipinski definition) is 3. The van der Waals surface area contributed by atoms with Gasteiger partial charge < -0.3 is 16.4 Å². The van der Waals surface area contributed by atoms with Crippen molar-refractivity contribution in [3.8, 4) is 6.07 Å². The highest BCUT2D eigenvalue weighted by Gasteiger charge is 2.25. The number of rotatable bonds is 6. The van der Waals surface area contributed by atoms with Crippen molar-refractivity contribution in [2.24, 2.45) is 5.92 Å². The lowest BCUT2D eigenvalue weighted by molar-refractivity contribution is -0.123. The number of benzene rings is 1. The number of nitrogens with one attached hydrogen (secondary N) is 2. The smallest absolute Gasteiger partial charge is 0.251 e. The number of nitrogen functional groups attached to an aromatic ring is 1. The first-order chi connectivity index (χ1) is 9.99. The molecule has 0 bridgehead atoms. The van der Waals surface area contributed by atoms with E-state index in [0.29, 0.717) is 11.3 Å². The van der Waals surface area contributed by atoms with Crippen molar-refractivity contribution in [3.63, 3.8) is 0 Å². The molecule has 0 saturated carbocycles. The number of nitrogens with two attached hydrogens (primary N) is 1. The van der Waals surface area contributed by atoms with Gasteiger partial charge in [0.2, 0.25) is 5.91 Å². The lowest BCUT2D eigenvalue weighted by Crippen LogP contribution is -2.50. The van der Waals surface area contributed by atoms with Gasteiger partial charge in [-0.1, -0.05) is 20.3 Å². The van der Waals surface area contributed by atoms with Crippen LogP contribution in [0.15, 0.2) is 24.3 Å². The maximum Gasteiger partial charge on any atom is 0.251 e. The van der Waals surface area contributed by atoms with Crippen LogP contribution in [-0.4, -0.2) is 24.4 Å². The Bertz CT molecular complexity index is 534.